The molecule has 0 fully saturated rings. The zero-order valence-electron chi connectivity index (χ0n) is 16.4. The molecular formula is C22H25ClN2O3. The van der Waals surface area contributed by atoms with Crippen LogP contribution in [-0.4, -0.2) is 25.0 Å². The van der Waals surface area contributed by atoms with Crippen LogP contribution in [0.2, 0.25) is 5.02 Å². The Morgan fingerprint density at radius 1 is 1.21 bits per heavy atom. The molecule has 0 aliphatic carbocycles. The minimum Gasteiger partial charge on any atom is -0.490 e. The first-order chi connectivity index (χ1) is 13.3. The van der Waals surface area contributed by atoms with Crippen molar-refractivity contribution in [1.82, 2.24) is 0 Å². The Hall–Kier alpha value is -2.53. The fourth-order valence-electron chi connectivity index (χ4n) is 3.16. The van der Waals surface area contributed by atoms with Crippen LogP contribution in [0.1, 0.15) is 32.8 Å². The van der Waals surface area contributed by atoms with Crippen molar-refractivity contribution >= 4 is 34.8 Å². The van der Waals surface area contributed by atoms with Crippen LogP contribution >= 0.6 is 11.6 Å². The quantitative estimate of drug-likeness (QED) is 0.792. The molecule has 0 aromatic heterocycles. The minimum absolute atomic E-state index is 0.0257. The van der Waals surface area contributed by atoms with Gasteiger partial charge in [0.25, 0.3) is 0 Å². The van der Waals surface area contributed by atoms with Gasteiger partial charge in [0, 0.05) is 17.3 Å². The number of ether oxygens (including phenoxy) is 1. The highest BCUT2D eigenvalue weighted by Crippen LogP contribution is 2.38. The van der Waals surface area contributed by atoms with Crippen LogP contribution in [0.15, 0.2) is 42.5 Å². The number of nitrogens with zero attached hydrogens (tertiary/aromatic N) is 1. The van der Waals surface area contributed by atoms with Gasteiger partial charge < -0.3 is 15.0 Å². The molecule has 2 aromatic rings. The molecule has 1 N–H and O–H groups in total. The predicted octanol–water partition coefficient (Wildman–Crippen LogP) is 4.68. The van der Waals surface area contributed by atoms with Gasteiger partial charge in [-0.25, -0.2) is 0 Å². The molecule has 0 saturated carbocycles. The van der Waals surface area contributed by atoms with Gasteiger partial charge in [0.05, 0.1) is 17.5 Å². The van der Waals surface area contributed by atoms with Crippen LogP contribution in [-0.2, 0) is 16.0 Å². The van der Waals surface area contributed by atoms with Gasteiger partial charge in [-0.3, -0.25) is 9.59 Å². The van der Waals surface area contributed by atoms with Crippen LogP contribution in [0.4, 0.5) is 11.4 Å². The molecule has 1 heterocycles. The van der Waals surface area contributed by atoms with Crippen molar-refractivity contribution in [3.05, 3.63) is 53.1 Å². The number of hydrogen-bond acceptors (Lipinski definition) is 3. The van der Waals surface area contributed by atoms with Gasteiger partial charge in [-0.05, 0) is 56.2 Å². The largest absolute Gasteiger partial charge is 0.490 e. The summed E-state index contributed by atoms with van der Waals surface area (Å²) in [5, 5.41) is 3.55. The van der Waals surface area contributed by atoms with E-state index in [0.29, 0.717) is 35.3 Å². The SMILES string of the molecule is CCCN1C(=O)C(C)(C)COc2ccc(NC(=O)Cc3ccc(Cl)cc3)cc21. The maximum atomic E-state index is 13.0. The van der Waals surface area contributed by atoms with E-state index in [1.165, 1.54) is 0 Å². The van der Waals surface area contributed by atoms with Crippen LogP contribution in [0.25, 0.3) is 0 Å². The number of carbonyl (C=O) groups excluding carboxylic acids is 2. The van der Waals surface area contributed by atoms with Gasteiger partial charge in [-0.2, -0.15) is 0 Å². The van der Waals surface area contributed by atoms with Crippen molar-refractivity contribution in [3.63, 3.8) is 0 Å². The lowest BCUT2D eigenvalue weighted by Crippen LogP contribution is -2.42. The molecule has 0 radical (unpaired) electrons. The summed E-state index contributed by atoms with van der Waals surface area (Å²) in [6.07, 6.45) is 1.07. The van der Waals surface area contributed by atoms with E-state index in [2.05, 4.69) is 5.32 Å². The smallest absolute Gasteiger partial charge is 0.236 e. The topological polar surface area (TPSA) is 58.6 Å². The second kappa shape index (κ2) is 8.23. The second-order valence-corrected chi connectivity index (χ2v) is 8.10. The van der Waals surface area contributed by atoms with Crippen molar-refractivity contribution in [1.29, 1.82) is 0 Å². The average molecular weight is 401 g/mol. The summed E-state index contributed by atoms with van der Waals surface area (Å²) in [6, 6.07) is 12.6. The first-order valence-corrected chi connectivity index (χ1v) is 9.81. The summed E-state index contributed by atoms with van der Waals surface area (Å²) in [6.45, 7) is 6.73. The number of rotatable bonds is 5. The van der Waals surface area contributed by atoms with Gasteiger partial charge >= 0.3 is 0 Å². The Morgan fingerprint density at radius 3 is 2.61 bits per heavy atom. The molecule has 0 spiro atoms. The summed E-state index contributed by atoms with van der Waals surface area (Å²) in [7, 11) is 0. The lowest BCUT2D eigenvalue weighted by molar-refractivity contribution is -0.127. The number of nitrogens with one attached hydrogen (secondary N) is 1. The van der Waals surface area contributed by atoms with E-state index in [1.54, 1.807) is 23.1 Å². The lowest BCUT2D eigenvalue weighted by atomic mass is 9.93. The number of hydrogen-bond donors (Lipinski definition) is 1. The van der Waals surface area contributed by atoms with Gasteiger partial charge in [0.2, 0.25) is 11.8 Å². The van der Waals surface area contributed by atoms with E-state index in [9.17, 15) is 9.59 Å². The standard InChI is InChI=1S/C22H25ClN2O3/c1-4-11-25-18-13-17(9-10-19(18)28-14-22(2,3)21(25)27)24-20(26)12-15-5-7-16(23)8-6-15/h5-10,13H,4,11-12,14H2,1-3H3,(H,24,26). The molecule has 5 nitrogen and oxygen atoms in total. The Bertz CT molecular complexity index is 878. The summed E-state index contributed by atoms with van der Waals surface area (Å²) in [5.74, 6) is 0.548. The fourth-order valence-corrected chi connectivity index (χ4v) is 3.29. The molecule has 6 heteroatoms. The van der Waals surface area contributed by atoms with Crippen LogP contribution < -0.4 is 15.0 Å². The Balaban J connectivity index is 1.81. The molecule has 2 aromatic carbocycles. The first kappa shape index (κ1) is 20.2. The predicted molar refractivity (Wildman–Crippen MR) is 112 cm³/mol. The summed E-state index contributed by atoms with van der Waals surface area (Å²) >= 11 is 5.89. The van der Waals surface area contributed by atoms with Gasteiger partial charge in [0.15, 0.2) is 0 Å². The van der Waals surface area contributed by atoms with E-state index in [1.807, 2.05) is 45.0 Å². The maximum Gasteiger partial charge on any atom is 0.236 e. The van der Waals surface area contributed by atoms with E-state index in [-0.39, 0.29) is 18.2 Å². The van der Waals surface area contributed by atoms with Crippen molar-refractivity contribution in [2.75, 3.05) is 23.4 Å². The number of benzene rings is 2. The van der Waals surface area contributed by atoms with Crippen molar-refractivity contribution in [3.8, 4) is 5.75 Å². The van der Waals surface area contributed by atoms with E-state index >= 15 is 0 Å². The molecular weight excluding hydrogens is 376 g/mol. The van der Waals surface area contributed by atoms with Gasteiger partial charge in [-0.15, -0.1) is 0 Å². The molecule has 0 saturated heterocycles. The molecule has 2 amide bonds. The molecule has 1 aliphatic heterocycles. The first-order valence-electron chi connectivity index (χ1n) is 9.43. The van der Waals surface area contributed by atoms with Gasteiger partial charge in [0.1, 0.15) is 12.4 Å². The fraction of sp³-hybridized carbons (Fsp3) is 0.364. The maximum absolute atomic E-state index is 13.0. The lowest BCUT2D eigenvalue weighted by Gasteiger charge is -2.27. The van der Waals surface area contributed by atoms with Crippen molar-refractivity contribution in [2.24, 2.45) is 5.41 Å². The molecule has 1 aliphatic rings. The summed E-state index contributed by atoms with van der Waals surface area (Å²) in [5.41, 5.74) is 1.60. The number of carbonyl (C=O) groups is 2. The molecule has 148 valence electrons. The number of anilines is 2. The number of amides is 2. The number of halogens is 1. The highest BCUT2D eigenvalue weighted by atomic mass is 35.5. The molecule has 0 bridgehead atoms. The third kappa shape index (κ3) is 4.47. The molecule has 28 heavy (non-hydrogen) atoms. The average Bonchev–Trinajstić information content (AvgIpc) is 2.74. The highest BCUT2D eigenvalue weighted by molar-refractivity contribution is 6.30. The summed E-state index contributed by atoms with van der Waals surface area (Å²) < 4.78 is 5.89. The second-order valence-electron chi connectivity index (χ2n) is 7.66. The zero-order valence-corrected chi connectivity index (χ0v) is 17.2. The monoisotopic (exact) mass is 400 g/mol. The molecule has 3 rings (SSSR count). The van der Waals surface area contributed by atoms with Crippen molar-refractivity contribution < 1.29 is 14.3 Å². The highest BCUT2D eigenvalue weighted by Gasteiger charge is 2.37. The Kier molecular flexibility index (Phi) is 5.94. The van der Waals surface area contributed by atoms with E-state index in [4.69, 9.17) is 16.3 Å². The third-order valence-electron chi connectivity index (χ3n) is 4.67. The Morgan fingerprint density at radius 2 is 1.93 bits per heavy atom. The van der Waals surface area contributed by atoms with E-state index in [0.717, 1.165) is 12.0 Å². The zero-order chi connectivity index (χ0) is 20.3. The summed E-state index contributed by atoms with van der Waals surface area (Å²) in [4.78, 5) is 27.2. The van der Waals surface area contributed by atoms with Crippen LogP contribution in [0, 0.1) is 5.41 Å². The molecule has 0 atom stereocenters. The van der Waals surface area contributed by atoms with E-state index < -0.39 is 5.41 Å². The van der Waals surface area contributed by atoms with Crippen molar-refractivity contribution in [2.45, 2.75) is 33.6 Å². The normalized spacial score (nSPS) is 15.4. The molecule has 0 unspecified atom stereocenters. The van der Waals surface area contributed by atoms with Gasteiger partial charge in [-0.1, -0.05) is 30.7 Å². The van der Waals surface area contributed by atoms with Crippen LogP contribution in [0.5, 0.6) is 5.75 Å². The number of fused-ring (bicyclic) bond motifs is 1. The van der Waals surface area contributed by atoms with Crippen LogP contribution in [0.3, 0.4) is 0 Å². The minimum atomic E-state index is -0.605. The Labute approximate surface area is 170 Å². The third-order valence-corrected chi connectivity index (χ3v) is 4.92.